The molecule has 0 radical (unpaired) electrons. The number of carbonyl (C=O) groups excluding carboxylic acids is 1. The van der Waals surface area contributed by atoms with Crippen LogP contribution in [-0.2, 0) is 0 Å². The zero-order valence-electron chi connectivity index (χ0n) is 10.9. The first-order valence-corrected chi connectivity index (χ1v) is 6.29. The van der Waals surface area contributed by atoms with E-state index in [1.165, 1.54) is 19.1 Å². The average molecular weight is 268 g/mol. The molecular formula is C16H13FN2O. The molecule has 3 aromatic rings. The summed E-state index contributed by atoms with van der Waals surface area (Å²) in [6.07, 6.45) is 0. The predicted octanol–water partition coefficient (Wildman–Crippen LogP) is 4.25. The van der Waals surface area contributed by atoms with E-state index in [2.05, 4.69) is 10.3 Å². The zero-order chi connectivity index (χ0) is 14.1. The molecule has 2 aromatic carbocycles. The molecule has 1 heterocycles. The van der Waals surface area contributed by atoms with Crippen LogP contribution in [0.3, 0.4) is 0 Å². The molecule has 1 aromatic heterocycles. The summed E-state index contributed by atoms with van der Waals surface area (Å²) in [6, 6.07) is 13.7. The van der Waals surface area contributed by atoms with Gasteiger partial charge in [-0.25, -0.2) is 4.39 Å². The van der Waals surface area contributed by atoms with Crippen LogP contribution in [-0.4, -0.2) is 10.8 Å². The van der Waals surface area contributed by atoms with Crippen molar-refractivity contribution >= 4 is 28.2 Å². The number of nitrogens with one attached hydrogen (secondary N) is 2. The summed E-state index contributed by atoms with van der Waals surface area (Å²) in [5, 5.41) is 3.93. The second kappa shape index (κ2) is 4.81. The fourth-order valence-electron chi connectivity index (χ4n) is 2.31. The lowest BCUT2D eigenvalue weighted by Crippen LogP contribution is -1.98. The minimum Gasteiger partial charge on any atom is -0.341 e. The van der Waals surface area contributed by atoms with Crippen molar-refractivity contribution in [1.29, 1.82) is 0 Å². The SMILES string of the molecule is CC(=O)c1c(Nc2cccc(F)c2)[nH]c2ccccc12. The van der Waals surface area contributed by atoms with Gasteiger partial charge in [0.05, 0.1) is 5.56 Å². The van der Waals surface area contributed by atoms with Crippen molar-refractivity contribution in [2.24, 2.45) is 0 Å². The van der Waals surface area contributed by atoms with E-state index in [4.69, 9.17) is 0 Å². The van der Waals surface area contributed by atoms with Crippen molar-refractivity contribution < 1.29 is 9.18 Å². The smallest absolute Gasteiger partial charge is 0.164 e. The predicted molar refractivity (Wildman–Crippen MR) is 78.0 cm³/mol. The van der Waals surface area contributed by atoms with Crippen molar-refractivity contribution in [2.75, 3.05) is 5.32 Å². The second-order valence-electron chi connectivity index (χ2n) is 4.61. The number of carbonyl (C=O) groups is 1. The molecule has 3 rings (SSSR count). The molecule has 20 heavy (non-hydrogen) atoms. The van der Waals surface area contributed by atoms with Gasteiger partial charge in [-0.3, -0.25) is 4.79 Å². The quantitative estimate of drug-likeness (QED) is 0.697. The van der Waals surface area contributed by atoms with Gasteiger partial charge in [-0.15, -0.1) is 0 Å². The number of para-hydroxylation sites is 1. The van der Waals surface area contributed by atoms with E-state index in [0.717, 1.165) is 10.9 Å². The summed E-state index contributed by atoms with van der Waals surface area (Å²) in [4.78, 5) is 15.0. The monoisotopic (exact) mass is 268 g/mol. The van der Waals surface area contributed by atoms with Crippen LogP contribution in [0.25, 0.3) is 10.9 Å². The van der Waals surface area contributed by atoms with E-state index in [-0.39, 0.29) is 11.6 Å². The first-order chi connectivity index (χ1) is 9.65. The topological polar surface area (TPSA) is 44.9 Å². The first kappa shape index (κ1) is 12.4. The van der Waals surface area contributed by atoms with Gasteiger partial charge in [-0.1, -0.05) is 24.3 Å². The van der Waals surface area contributed by atoms with Gasteiger partial charge in [0.1, 0.15) is 11.6 Å². The van der Waals surface area contributed by atoms with E-state index >= 15 is 0 Å². The maximum Gasteiger partial charge on any atom is 0.164 e. The van der Waals surface area contributed by atoms with Gasteiger partial charge in [0, 0.05) is 16.6 Å². The van der Waals surface area contributed by atoms with Gasteiger partial charge < -0.3 is 10.3 Å². The van der Waals surface area contributed by atoms with Crippen molar-refractivity contribution in [3.63, 3.8) is 0 Å². The number of hydrogen-bond donors (Lipinski definition) is 2. The summed E-state index contributed by atoms with van der Waals surface area (Å²) in [5.41, 5.74) is 2.06. The Morgan fingerprint density at radius 1 is 1.15 bits per heavy atom. The highest BCUT2D eigenvalue weighted by Gasteiger charge is 2.15. The lowest BCUT2D eigenvalue weighted by Gasteiger charge is -2.06. The lowest BCUT2D eigenvalue weighted by atomic mass is 10.1. The van der Waals surface area contributed by atoms with Gasteiger partial charge in [0.25, 0.3) is 0 Å². The Balaban J connectivity index is 2.11. The molecule has 100 valence electrons. The molecule has 0 saturated heterocycles. The summed E-state index contributed by atoms with van der Waals surface area (Å²) in [7, 11) is 0. The third-order valence-corrected chi connectivity index (χ3v) is 3.15. The highest BCUT2D eigenvalue weighted by Crippen LogP contribution is 2.29. The molecule has 2 N–H and O–H groups in total. The Kier molecular flexibility index (Phi) is 2.99. The maximum atomic E-state index is 13.2. The fraction of sp³-hybridized carbons (Fsp3) is 0.0625. The van der Waals surface area contributed by atoms with E-state index < -0.39 is 0 Å². The molecule has 0 fully saturated rings. The summed E-state index contributed by atoms with van der Waals surface area (Å²) >= 11 is 0. The van der Waals surface area contributed by atoms with Crippen molar-refractivity contribution in [3.05, 3.63) is 59.9 Å². The first-order valence-electron chi connectivity index (χ1n) is 6.29. The van der Waals surface area contributed by atoms with Crippen LogP contribution >= 0.6 is 0 Å². The molecule has 0 saturated carbocycles. The Morgan fingerprint density at radius 2 is 1.95 bits per heavy atom. The number of fused-ring (bicyclic) bond motifs is 1. The zero-order valence-corrected chi connectivity index (χ0v) is 10.9. The van der Waals surface area contributed by atoms with E-state index in [1.807, 2.05) is 24.3 Å². The Morgan fingerprint density at radius 3 is 2.70 bits per heavy atom. The molecule has 0 amide bonds. The number of hydrogen-bond acceptors (Lipinski definition) is 2. The van der Waals surface area contributed by atoms with Gasteiger partial charge in [0.15, 0.2) is 5.78 Å². The Bertz CT molecular complexity index is 792. The number of Topliss-reactive ketones (excluding diaryl/α,β-unsaturated/α-hetero) is 1. The van der Waals surface area contributed by atoms with Crippen LogP contribution in [0, 0.1) is 5.82 Å². The number of aromatic nitrogens is 1. The average Bonchev–Trinajstić information content (AvgIpc) is 2.76. The van der Waals surface area contributed by atoms with Crippen LogP contribution in [0.15, 0.2) is 48.5 Å². The molecule has 4 heteroatoms. The number of anilines is 2. The van der Waals surface area contributed by atoms with Gasteiger partial charge in [0.2, 0.25) is 0 Å². The fourth-order valence-corrected chi connectivity index (χ4v) is 2.31. The van der Waals surface area contributed by atoms with Crippen LogP contribution in [0.1, 0.15) is 17.3 Å². The van der Waals surface area contributed by atoms with Crippen LogP contribution in [0.2, 0.25) is 0 Å². The molecule has 0 spiro atoms. The van der Waals surface area contributed by atoms with E-state index in [9.17, 15) is 9.18 Å². The number of halogens is 1. The Labute approximate surface area is 115 Å². The van der Waals surface area contributed by atoms with Gasteiger partial charge in [-0.2, -0.15) is 0 Å². The van der Waals surface area contributed by atoms with Crippen molar-refractivity contribution in [3.8, 4) is 0 Å². The largest absolute Gasteiger partial charge is 0.341 e. The van der Waals surface area contributed by atoms with Crippen LogP contribution in [0.5, 0.6) is 0 Å². The highest BCUT2D eigenvalue weighted by atomic mass is 19.1. The summed E-state index contributed by atoms with van der Waals surface area (Å²) in [5.74, 6) is 0.223. The summed E-state index contributed by atoms with van der Waals surface area (Å²) < 4.78 is 13.2. The van der Waals surface area contributed by atoms with Gasteiger partial charge in [-0.05, 0) is 31.2 Å². The maximum absolute atomic E-state index is 13.2. The van der Waals surface area contributed by atoms with Crippen LogP contribution < -0.4 is 5.32 Å². The second-order valence-corrected chi connectivity index (χ2v) is 4.61. The molecule has 0 unspecified atom stereocenters. The van der Waals surface area contributed by atoms with Crippen LogP contribution in [0.4, 0.5) is 15.9 Å². The third-order valence-electron chi connectivity index (χ3n) is 3.15. The van der Waals surface area contributed by atoms with E-state index in [1.54, 1.807) is 12.1 Å². The van der Waals surface area contributed by atoms with Crippen molar-refractivity contribution in [2.45, 2.75) is 6.92 Å². The molecule has 3 nitrogen and oxygen atoms in total. The number of rotatable bonds is 3. The van der Waals surface area contributed by atoms with Gasteiger partial charge >= 0.3 is 0 Å². The third kappa shape index (κ3) is 2.16. The molecular weight excluding hydrogens is 255 g/mol. The highest BCUT2D eigenvalue weighted by molar-refractivity contribution is 6.12. The molecule has 0 aliphatic rings. The minimum absolute atomic E-state index is 0.0404. The standard InChI is InChI=1S/C16H13FN2O/c1-10(20)15-13-7-2-3-8-14(13)19-16(15)18-12-6-4-5-11(17)9-12/h2-9,18-19H,1H3. The Hall–Kier alpha value is -2.62. The molecule has 0 aliphatic heterocycles. The van der Waals surface area contributed by atoms with E-state index in [0.29, 0.717) is 17.1 Å². The number of H-pyrrole nitrogens is 1. The van der Waals surface area contributed by atoms with Crippen molar-refractivity contribution in [1.82, 2.24) is 4.98 Å². The molecule has 0 bridgehead atoms. The molecule has 0 atom stereocenters. The summed E-state index contributed by atoms with van der Waals surface area (Å²) in [6.45, 7) is 1.52. The number of benzene rings is 2. The number of aromatic amines is 1. The molecule has 0 aliphatic carbocycles. The lowest BCUT2D eigenvalue weighted by molar-refractivity contribution is 0.102. The minimum atomic E-state index is -0.324. The number of ketones is 1. The normalized spacial score (nSPS) is 10.7.